The van der Waals surface area contributed by atoms with Crippen LogP contribution in [0.5, 0.6) is 0 Å². The van der Waals surface area contributed by atoms with Crippen LogP contribution in [-0.4, -0.2) is 24.7 Å². The van der Waals surface area contributed by atoms with Crippen molar-refractivity contribution < 1.29 is 4.74 Å². The van der Waals surface area contributed by atoms with Gasteiger partial charge in [0.05, 0.1) is 0 Å². The third kappa shape index (κ3) is 4.89. The van der Waals surface area contributed by atoms with E-state index in [4.69, 9.17) is 34.3 Å². The van der Waals surface area contributed by atoms with E-state index < -0.39 is 0 Å². The fraction of sp³-hybridized carbons (Fsp3) is 0.417. The van der Waals surface area contributed by atoms with Crippen LogP contribution in [0.2, 0.25) is 5.02 Å². The molecule has 0 saturated heterocycles. The third-order valence-electron chi connectivity index (χ3n) is 2.23. The molecule has 0 aliphatic rings. The number of benzene rings is 1. The standard InChI is InChI=1S/C12H17ClN2OS/c1-2-16-7-3-6-15-11-8-9(13)4-5-10(11)12(14)17/h4-5,8,15H,2-3,6-7H2,1H3,(H2,14,17). The smallest absolute Gasteiger partial charge is 0.106 e. The zero-order chi connectivity index (χ0) is 12.7. The summed E-state index contributed by atoms with van der Waals surface area (Å²) in [6.07, 6.45) is 0.928. The number of hydrogen-bond acceptors (Lipinski definition) is 3. The van der Waals surface area contributed by atoms with E-state index in [9.17, 15) is 0 Å². The molecule has 0 amide bonds. The molecular formula is C12H17ClN2OS. The average Bonchev–Trinajstić information content (AvgIpc) is 2.28. The zero-order valence-corrected chi connectivity index (χ0v) is 11.4. The lowest BCUT2D eigenvalue weighted by Crippen LogP contribution is -2.14. The van der Waals surface area contributed by atoms with Crippen molar-refractivity contribution in [1.29, 1.82) is 0 Å². The van der Waals surface area contributed by atoms with Gasteiger partial charge in [-0.3, -0.25) is 0 Å². The number of nitrogens with one attached hydrogen (secondary N) is 1. The van der Waals surface area contributed by atoms with Crippen molar-refractivity contribution >= 4 is 34.5 Å². The Labute approximate surface area is 112 Å². The summed E-state index contributed by atoms with van der Waals surface area (Å²) in [5, 5.41) is 3.93. The van der Waals surface area contributed by atoms with E-state index in [0.717, 1.165) is 37.4 Å². The molecule has 0 spiro atoms. The second-order valence-electron chi connectivity index (χ2n) is 3.53. The van der Waals surface area contributed by atoms with Crippen LogP contribution < -0.4 is 11.1 Å². The normalized spacial score (nSPS) is 10.2. The third-order valence-corrected chi connectivity index (χ3v) is 2.69. The minimum atomic E-state index is 0.369. The van der Waals surface area contributed by atoms with Crippen LogP contribution in [-0.2, 0) is 4.74 Å². The van der Waals surface area contributed by atoms with E-state index in [-0.39, 0.29) is 0 Å². The number of ether oxygens (including phenoxy) is 1. The molecule has 3 nitrogen and oxygen atoms in total. The first kappa shape index (κ1) is 14.2. The van der Waals surface area contributed by atoms with Gasteiger partial charge >= 0.3 is 0 Å². The van der Waals surface area contributed by atoms with Crippen LogP contribution in [0.3, 0.4) is 0 Å². The molecule has 1 rings (SSSR count). The number of rotatable bonds is 7. The molecule has 0 unspecified atom stereocenters. The number of anilines is 1. The van der Waals surface area contributed by atoms with Gasteiger partial charge in [-0.15, -0.1) is 0 Å². The minimum Gasteiger partial charge on any atom is -0.389 e. The van der Waals surface area contributed by atoms with Crippen molar-refractivity contribution in [2.45, 2.75) is 13.3 Å². The van der Waals surface area contributed by atoms with Gasteiger partial charge in [-0.1, -0.05) is 23.8 Å². The van der Waals surface area contributed by atoms with Crippen LogP contribution in [0.25, 0.3) is 0 Å². The molecule has 5 heteroatoms. The molecule has 0 aromatic heterocycles. The topological polar surface area (TPSA) is 47.3 Å². The first-order valence-corrected chi connectivity index (χ1v) is 6.34. The molecular weight excluding hydrogens is 256 g/mol. The van der Waals surface area contributed by atoms with Gasteiger partial charge in [0, 0.05) is 36.0 Å². The summed E-state index contributed by atoms with van der Waals surface area (Å²) in [7, 11) is 0. The van der Waals surface area contributed by atoms with Crippen LogP contribution in [0.1, 0.15) is 18.9 Å². The van der Waals surface area contributed by atoms with E-state index in [2.05, 4.69) is 5.32 Å². The predicted octanol–water partition coefficient (Wildman–Crippen LogP) is 2.81. The van der Waals surface area contributed by atoms with Crippen LogP contribution >= 0.6 is 23.8 Å². The Balaban J connectivity index is 2.56. The first-order chi connectivity index (χ1) is 8.15. The Morgan fingerprint density at radius 1 is 1.53 bits per heavy atom. The van der Waals surface area contributed by atoms with Crippen LogP contribution in [0.15, 0.2) is 18.2 Å². The Morgan fingerprint density at radius 3 is 2.94 bits per heavy atom. The van der Waals surface area contributed by atoms with E-state index in [1.165, 1.54) is 0 Å². The summed E-state index contributed by atoms with van der Waals surface area (Å²) in [6.45, 7) is 4.27. The molecule has 0 radical (unpaired) electrons. The highest BCUT2D eigenvalue weighted by molar-refractivity contribution is 7.80. The summed E-state index contributed by atoms with van der Waals surface area (Å²) in [5.41, 5.74) is 7.34. The first-order valence-electron chi connectivity index (χ1n) is 5.56. The number of nitrogens with two attached hydrogens (primary N) is 1. The molecule has 0 saturated carbocycles. The Bertz CT molecular complexity index is 385. The molecule has 94 valence electrons. The Kier molecular flexibility index (Phi) is 6.26. The van der Waals surface area contributed by atoms with E-state index in [1.807, 2.05) is 19.1 Å². The van der Waals surface area contributed by atoms with Gasteiger partial charge in [0.2, 0.25) is 0 Å². The number of hydrogen-bond donors (Lipinski definition) is 2. The lowest BCUT2D eigenvalue weighted by atomic mass is 10.1. The molecule has 0 aliphatic heterocycles. The molecule has 0 fully saturated rings. The number of thiocarbonyl (C=S) groups is 1. The maximum absolute atomic E-state index is 5.94. The molecule has 0 bridgehead atoms. The minimum absolute atomic E-state index is 0.369. The second kappa shape index (κ2) is 7.48. The molecule has 0 atom stereocenters. The van der Waals surface area contributed by atoms with Gasteiger partial charge < -0.3 is 15.8 Å². The molecule has 17 heavy (non-hydrogen) atoms. The average molecular weight is 273 g/mol. The highest BCUT2D eigenvalue weighted by Gasteiger charge is 2.05. The largest absolute Gasteiger partial charge is 0.389 e. The summed E-state index contributed by atoms with van der Waals surface area (Å²) in [4.78, 5) is 0.369. The maximum atomic E-state index is 5.94. The molecule has 3 N–H and O–H groups in total. The summed E-state index contributed by atoms with van der Waals surface area (Å²) in [5.74, 6) is 0. The molecule has 0 aliphatic carbocycles. The Morgan fingerprint density at radius 2 is 2.29 bits per heavy atom. The molecule has 1 aromatic carbocycles. The van der Waals surface area contributed by atoms with Gasteiger partial charge in [0.1, 0.15) is 4.99 Å². The molecule has 0 heterocycles. The summed E-state index contributed by atoms with van der Waals surface area (Å²) >= 11 is 10.9. The predicted molar refractivity (Wildman–Crippen MR) is 76.9 cm³/mol. The van der Waals surface area contributed by atoms with E-state index in [0.29, 0.717) is 10.0 Å². The monoisotopic (exact) mass is 272 g/mol. The SMILES string of the molecule is CCOCCCNc1cc(Cl)ccc1C(N)=S. The number of halogens is 1. The highest BCUT2D eigenvalue weighted by Crippen LogP contribution is 2.21. The van der Waals surface area contributed by atoms with Crippen molar-refractivity contribution in [2.24, 2.45) is 5.73 Å². The van der Waals surface area contributed by atoms with Crippen molar-refractivity contribution in [1.82, 2.24) is 0 Å². The van der Waals surface area contributed by atoms with Gasteiger partial charge in [-0.2, -0.15) is 0 Å². The quantitative estimate of drug-likeness (QED) is 0.592. The second-order valence-corrected chi connectivity index (χ2v) is 4.41. The van der Waals surface area contributed by atoms with Crippen molar-refractivity contribution in [3.8, 4) is 0 Å². The van der Waals surface area contributed by atoms with Crippen molar-refractivity contribution in [3.63, 3.8) is 0 Å². The van der Waals surface area contributed by atoms with Crippen molar-refractivity contribution in [3.05, 3.63) is 28.8 Å². The van der Waals surface area contributed by atoms with Gasteiger partial charge in [0.15, 0.2) is 0 Å². The lowest BCUT2D eigenvalue weighted by molar-refractivity contribution is 0.147. The highest BCUT2D eigenvalue weighted by atomic mass is 35.5. The summed E-state index contributed by atoms with van der Waals surface area (Å²) in [6, 6.07) is 5.44. The van der Waals surface area contributed by atoms with E-state index >= 15 is 0 Å². The van der Waals surface area contributed by atoms with Gasteiger partial charge in [-0.25, -0.2) is 0 Å². The van der Waals surface area contributed by atoms with E-state index in [1.54, 1.807) is 6.07 Å². The summed E-state index contributed by atoms with van der Waals surface area (Å²) < 4.78 is 5.26. The fourth-order valence-electron chi connectivity index (χ4n) is 1.42. The molecule has 1 aromatic rings. The fourth-order valence-corrected chi connectivity index (χ4v) is 1.77. The lowest BCUT2D eigenvalue weighted by Gasteiger charge is -2.11. The van der Waals surface area contributed by atoms with Crippen LogP contribution in [0, 0.1) is 0 Å². The maximum Gasteiger partial charge on any atom is 0.106 e. The Hall–Kier alpha value is -0.840. The van der Waals surface area contributed by atoms with Gasteiger partial charge in [0.25, 0.3) is 0 Å². The zero-order valence-electron chi connectivity index (χ0n) is 9.83. The van der Waals surface area contributed by atoms with Crippen LogP contribution in [0.4, 0.5) is 5.69 Å². The van der Waals surface area contributed by atoms with Gasteiger partial charge in [-0.05, 0) is 31.5 Å². The van der Waals surface area contributed by atoms with Crippen molar-refractivity contribution in [2.75, 3.05) is 25.1 Å².